The lowest BCUT2D eigenvalue weighted by atomic mass is 9.98. The second-order valence-electron chi connectivity index (χ2n) is 9.16. The first kappa shape index (κ1) is 28.8. The summed E-state index contributed by atoms with van der Waals surface area (Å²) in [7, 11) is -3.88. The molecule has 3 unspecified atom stereocenters. The van der Waals surface area contributed by atoms with Crippen LogP contribution < -0.4 is 10.6 Å². The third-order valence-corrected chi connectivity index (χ3v) is 10.2. The van der Waals surface area contributed by atoms with Gasteiger partial charge in [0.25, 0.3) is 5.91 Å². The molecule has 2 N–H and O–H groups in total. The molecule has 2 aromatic carbocycles. The van der Waals surface area contributed by atoms with Gasteiger partial charge >= 0.3 is 0 Å². The number of rotatable bonds is 9. The second-order valence-corrected chi connectivity index (χ2v) is 13.0. The Morgan fingerprint density at radius 2 is 1.95 bits per heavy atom. The minimum absolute atomic E-state index is 0.0333. The maximum absolute atomic E-state index is 13.2. The quantitative estimate of drug-likeness (QED) is 0.376. The highest BCUT2D eigenvalue weighted by Crippen LogP contribution is 2.29. The van der Waals surface area contributed by atoms with Crippen molar-refractivity contribution < 1.29 is 22.7 Å². The van der Waals surface area contributed by atoms with E-state index in [9.17, 15) is 18.0 Å². The molecule has 204 valence electrons. The Bertz CT molecular complexity index is 1400. The smallest absolute Gasteiger partial charge is 0.262 e. The number of benzene rings is 2. The summed E-state index contributed by atoms with van der Waals surface area (Å²) in [6, 6.07) is 13.0. The van der Waals surface area contributed by atoms with Crippen molar-refractivity contribution in [3.05, 3.63) is 63.5 Å². The van der Waals surface area contributed by atoms with Gasteiger partial charge in [-0.2, -0.15) is 4.31 Å². The zero-order valence-corrected chi connectivity index (χ0v) is 24.1. The standard InChI is InChI=1S/C26H29Cl2N3O5S2/c1-3-16(2)24(30-25(32)22-12-17-6-4-5-7-21(17)37-22)26(33)29-14-19-15-31(10-11-36-19)38(34,35)23-9-8-18(27)13-20(23)28/h4-9,12-13,16,19,24H,3,10-11,14-15H2,1-2H3,(H,29,33)(H,30,32). The molecule has 2 amide bonds. The van der Waals surface area contributed by atoms with Crippen molar-refractivity contribution >= 4 is 66.5 Å². The van der Waals surface area contributed by atoms with Crippen molar-refractivity contribution in [3.8, 4) is 0 Å². The fourth-order valence-electron chi connectivity index (χ4n) is 4.19. The lowest BCUT2D eigenvalue weighted by Crippen LogP contribution is -2.54. The lowest BCUT2D eigenvalue weighted by molar-refractivity contribution is -0.125. The number of carbonyl (C=O) groups excluding carboxylic acids is 2. The van der Waals surface area contributed by atoms with Gasteiger partial charge in [-0.1, -0.05) is 61.7 Å². The molecule has 3 aromatic rings. The van der Waals surface area contributed by atoms with Gasteiger partial charge in [0.2, 0.25) is 15.9 Å². The summed E-state index contributed by atoms with van der Waals surface area (Å²) < 4.78 is 34.4. The minimum atomic E-state index is -3.88. The first-order valence-electron chi connectivity index (χ1n) is 12.2. The summed E-state index contributed by atoms with van der Waals surface area (Å²) in [5.74, 6) is -0.777. The van der Waals surface area contributed by atoms with Crippen LogP contribution >= 0.6 is 34.5 Å². The van der Waals surface area contributed by atoms with E-state index < -0.39 is 22.2 Å². The number of sulfonamides is 1. The SMILES string of the molecule is CCC(C)C(NC(=O)c1cc2ccccc2s1)C(=O)NCC1CN(S(=O)(=O)c2ccc(Cl)cc2Cl)CCO1. The van der Waals surface area contributed by atoms with Gasteiger partial charge in [-0.25, -0.2) is 8.42 Å². The molecule has 0 saturated carbocycles. The van der Waals surface area contributed by atoms with Crippen molar-refractivity contribution in [1.82, 2.24) is 14.9 Å². The third kappa shape index (κ3) is 6.50. The molecule has 4 rings (SSSR count). The van der Waals surface area contributed by atoms with Crippen molar-refractivity contribution in [2.75, 3.05) is 26.2 Å². The number of hydrogen-bond acceptors (Lipinski definition) is 6. The molecule has 1 fully saturated rings. The molecule has 3 atom stereocenters. The molecule has 1 aromatic heterocycles. The molecule has 1 aliphatic heterocycles. The summed E-state index contributed by atoms with van der Waals surface area (Å²) in [4.78, 5) is 26.7. The Labute approximate surface area is 236 Å². The van der Waals surface area contributed by atoms with Crippen LogP contribution in [-0.2, 0) is 19.6 Å². The van der Waals surface area contributed by atoms with Crippen LogP contribution in [0.1, 0.15) is 29.9 Å². The van der Waals surface area contributed by atoms with Gasteiger partial charge < -0.3 is 15.4 Å². The molecule has 0 radical (unpaired) electrons. The second kappa shape index (κ2) is 12.3. The van der Waals surface area contributed by atoms with Crippen LogP contribution in [0.3, 0.4) is 0 Å². The highest BCUT2D eigenvalue weighted by atomic mass is 35.5. The number of halogens is 2. The van der Waals surface area contributed by atoms with E-state index in [4.69, 9.17) is 27.9 Å². The van der Waals surface area contributed by atoms with Crippen LogP contribution in [0.25, 0.3) is 10.1 Å². The van der Waals surface area contributed by atoms with E-state index in [2.05, 4.69) is 10.6 Å². The highest BCUT2D eigenvalue weighted by molar-refractivity contribution is 7.89. The number of carbonyl (C=O) groups is 2. The van der Waals surface area contributed by atoms with Crippen LogP contribution in [0.5, 0.6) is 0 Å². The largest absolute Gasteiger partial charge is 0.374 e. The van der Waals surface area contributed by atoms with E-state index in [1.54, 1.807) is 0 Å². The zero-order chi connectivity index (χ0) is 27.4. The van der Waals surface area contributed by atoms with Crippen LogP contribution in [0.15, 0.2) is 53.4 Å². The van der Waals surface area contributed by atoms with E-state index in [1.807, 2.05) is 44.2 Å². The molecule has 2 heterocycles. The Balaban J connectivity index is 1.40. The van der Waals surface area contributed by atoms with E-state index >= 15 is 0 Å². The topological polar surface area (TPSA) is 105 Å². The average Bonchev–Trinajstić information content (AvgIpc) is 3.34. The number of hydrogen-bond donors (Lipinski definition) is 2. The predicted molar refractivity (Wildman–Crippen MR) is 151 cm³/mol. The van der Waals surface area contributed by atoms with E-state index in [1.165, 1.54) is 33.8 Å². The minimum Gasteiger partial charge on any atom is -0.374 e. The molecule has 1 aliphatic rings. The first-order chi connectivity index (χ1) is 18.1. The Morgan fingerprint density at radius 3 is 2.66 bits per heavy atom. The number of amides is 2. The van der Waals surface area contributed by atoms with Gasteiger partial charge in [-0.15, -0.1) is 11.3 Å². The van der Waals surface area contributed by atoms with Gasteiger partial charge in [-0.3, -0.25) is 9.59 Å². The van der Waals surface area contributed by atoms with Crippen LogP contribution in [0, 0.1) is 5.92 Å². The van der Waals surface area contributed by atoms with Crippen molar-refractivity contribution in [2.45, 2.75) is 37.3 Å². The number of thiophene rings is 1. The summed E-state index contributed by atoms with van der Waals surface area (Å²) >= 11 is 13.4. The van der Waals surface area contributed by atoms with Crippen LogP contribution in [0.2, 0.25) is 10.0 Å². The maximum atomic E-state index is 13.2. The first-order valence-corrected chi connectivity index (χ1v) is 15.2. The Hall–Kier alpha value is -2.21. The maximum Gasteiger partial charge on any atom is 0.262 e. The van der Waals surface area contributed by atoms with Crippen LogP contribution in [-0.4, -0.2) is 62.9 Å². The van der Waals surface area contributed by atoms with Gasteiger partial charge in [-0.05, 0) is 41.6 Å². The summed E-state index contributed by atoms with van der Waals surface area (Å²) in [5, 5.41) is 7.08. The van der Waals surface area contributed by atoms with E-state index in [-0.39, 0.29) is 53.9 Å². The molecule has 8 nitrogen and oxygen atoms in total. The fraction of sp³-hybridized carbons (Fsp3) is 0.385. The molecular weight excluding hydrogens is 569 g/mol. The fourth-order valence-corrected chi connectivity index (χ4v) is 7.36. The van der Waals surface area contributed by atoms with Gasteiger partial charge in [0.05, 0.1) is 22.6 Å². The normalized spacial score (nSPS) is 18.2. The van der Waals surface area contributed by atoms with E-state index in [0.717, 1.165) is 10.1 Å². The van der Waals surface area contributed by atoms with Gasteiger partial charge in [0.1, 0.15) is 10.9 Å². The molecule has 0 spiro atoms. The van der Waals surface area contributed by atoms with Crippen molar-refractivity contribution in [2.24, 2.45) is 5.92 Å². The Morgan fingerprint density at radius 1 is 1.18 bits per heavy atom. The van der Waals surface area contributed by atoms with Gasteiger partial charge in [0.15, 0.2) is 0 Å². The highest BCUT2D eigenvalue weighted by Gasteiger charge is 2.33. The lowest BCUT2D eigenvalue weighted by Gasteiger charge is -2.33. The van der Waals surface area contributed by atoms with Crippen LogP contribution in [0.4, 0.5) is 0 Å². The third-order valence-electron chi connectivity index (χ3n) is 6.55. The summed E-state index contributed by atoms with van der Waals surface area (Å²) in [5.41, 5.74) is 0. The number of nitrogens with one attached hydrogen (secondary N) is 2. The van der Waals surface area contributed by atoms with Crippen molar-refractivity contribution in [3.63, 3.8) is 0 Å². The predicted octanol–water partition coefficient (Wildman–Crippen LogP) is 4.56. The number of morpholine rings is 1. The molecule has 0 bridgehead atoms. The Kier molecular flexibility index (Phi) is 9.33. The molecule has 0 aliphatic carbocycles. The number of ether oxygens (including phenoxy) is 1. The van der Waals surface area contributed by atoms with Crippen molar-refractivity contribution in [1.29, 1.82) is 0 Å². The number of nitrogens with zero attached hydrogens (tertiary/aromatic N) is 1. The molecule has 38 heavy (non-hydrogen) atoms. The summed E-state index contributed by atoms with van der Waals surface area (Å²) in [6.07, 6.45) is 0.114. The summed E-state index contributed by atoms with van der Waals surface area (Å²) in [6.45, 7) is 4.31. The molecule has 1 saturated heterocycles. The zero-order valence-electron chi connectivity index (χ0n) is 20.9. The molecule has 12 heteroatoms. The molecular formula is C26H29Cl2N3O5S2. The van der Waals surface area contributed by atoms with Gasteiger partial charge in [0, 0.05) is 29.4 Å². The monoisotopic (exact) mass is 597 g/mol. The average molecular weight is 599 g/mol. The van der Waals surface area contributed by atoms with E-state index in [0.29, 0.717) is 16.3 Å². The number of fused-ring (bicyclic) bond motifs is 1.